The summed E-state index contributed by atoms with van der Waals surface area (Å²) >= 11 is 5.19. The molecule has 0 atom stereocenters. The van der Waals surface area contributed by atoms with E-state index in [1.807, 2.05) is 12.1 Å². The van der Waals surface area contributed by atoms with Gasteiger partial charge in [0.05, 0.1) is 6.54 Å². The molecule has 3 aromatic rings. The molecule has 2 N–H and O–H groups in total. The minimum Gasteiger partial charge on any atom is -0.317 e. The van der Waals surface area contributed by atoms with Crippen molar-refractivity contribution in [1.29, 1.82) is 0 Å². The van der Waals surface area contributed by atoms with Crippen molar-refractivity contribution in [3.8, 4) is 11.4 Å². The van der Waals surface area contributed by atoms with Crippen LogP contribution in [0.3, 0.4) is 0 Å². The average molecular weight is 301 g/mol. The third kappa shape index (κ3) is 2.82. The van der Waals surface area contributed by atoms with Crippen molar-refractivity contribution in [3.05, 3.63) is 64.9 Å². The van der Waals surface area contributed by atoms with Crippen LogP contribution in [0.1, 0.15) is 5.56 Å². The van der Waals surface area contributed by atoms with Gasteiger partial charge in [0.2, 0.25) is 4.77 Å². The molecule has 0 aliphatic rings. The molecule has 7 heteroatoms. The highest BCUT2D eigenvalue weighted by atomic mass is 32.1. The van der Waals surface area contributed by atoms with Crippen LogP contribution in [-0.4, -0.2) is 19.9 Å². The van der Waals surface area contributed by atoms with Crippen LogP contribution in [0.15, 0.2) is 48.8 Å². The van der Waals surface area contributed by atoms with Crippen molar-refractivity contribution in [2.45, 2.75) is 6.54 Å². The van der Waals surface area contributed by atoms with Crippen molar-refractivity contribution in [1.82, 2.24) is 19.9 Å². The third-order valence-electron chi connectivity index (χ3n) is 3.00. The largest absolute Gasteiger partial charge is 0.317 e. The number of hydrogen-bond acceptors (Lipinski definition) is 4. The zero-order chi connectivity index (χ0) is 14.7. The predicted molar refractivity (Wildman–Crippen MR) is 80.1 cm³/mol. The first-order valence-electron chi connectivity index (χ1n) is 6.31. The van der Waals surface area contributed by atoms with E-state index in [-0.39, 0.29) is 5.82 Å². The highest BCUT2D eigenvalue weighted by Crippen LogP contribution is 2.15. The van der Waals surface area contributed by atoms with E-state index < -0.39 is 0 Å². The van der Waals surface area contributed by atoms with Gasteiger partial charge in [-0.3, -0.25) is 4.98 Å². The zero-order valence-electron chi connectivity index (χ0n) is 11.0. The van der Waals surface area contributed by atoms with Gasteiger partial charge in [-0.1, -0.05) is 18.2 Å². The van der Waals surface area contributed by atoms with Crippen molar-refractivity contribution in [3.63, 3.8) is 0 Å². The summed E-state index contributed by atoms with van der Waals surface area (Å²) < 4.78 is 15.7. The van der Waals surface area contributed by atoms with Gasteiger partial charge in [0.1, 0.15) is 5.82 Å². The van der Waals surface area contributed by atoms with Crippen LogP contribution >= 0.6 is 12.2 Å². The maximum atomic E-state index is 13.6. The molecule has 2 aromatic heterocycles. The molecule has 0 unspecified atom stereocenters. The first-order valence-corrected chi connectivity index (χ1v) is 6.71. The highest BCUT2D eigenvalue weighted by Gasteiger charge is 2.09. The van der Waals surface area contributed by atoms with Gasteiger partial charge in [-0.05, 0) is 30.4 Å². The van der Waals surface area contributed by atoms with Gasteiger partial charge in [-0.15, -0.1) is 0 Å². The molecular weight excluding hydrogens is 289 g/mol. The van der Waals surface area contributed by atoms with E-state index in [4.69, 9.17) is 12.2 Å². The summed E-state index contributed by atoms with van der Waals surface area (Å²) in [6.07, 6.45) is 3.35. The summed E-state index contributed by atoms with van der Waals surface area (Å²) in [6, 6.07) is 10.2. The maximum absolute atomic E-state index is 13.6. The Hall–Kier alpha value is -2.54. The number of halogens is 1. The van der Waals surface area contributed by atoms with Crippen molar-refractivity contribution < 1.29 is 4.39 Å². The molecule has 0 spiro atoms. The van der Waals surface area contributed by atoms with Crippen molar-refractivity contribution >= 4 is 12.2 Å². The Bertz CT molecular complexity index is 796. The van der Waals surface area contributed by atoms with E-state index in [9.17, 15) is 4.39 Å². The number of pyridine rings is 1. The molecule has 0 bridgehead atoms. The quantitative estimate of drug-likeness (QED) is 0.728. The SMILES string of the molecule is Fc1ccccc1CNn1c(-c2ccncc2)n[nH]c1=S. The summed E-state index contributed by atoms with van der Waals surface area (Å²) in [4.78, 5) is 3.97. The summed E-state index contributed by atoms with van der Waals surface area (Å²) in [7, 11) is 0. The molecule has 0 saturated carbocycles. The molecule has 0 radical (unpaired) electrons. The van der Waals surface area contributed by atoms with Gasteiger partial charge in [0.15, 0.2) is 5.82 Å². The number of nitrogens with one attached hydrogen (secondary N) is 2. The molecule has 2 heterocycles. The summed E-state index contributed by atoms with van der Waals surface area (Å²) in [5.74, 6) is 0.365. The lowest BCUT2D eigenvalue weighted by molar-refractivity contribution is 0.608. The van der Waals surface area contributed by atoms with Gasteiger partial charge >= 0.3 is 0 Å². The monoisotopic (exact) mass is 301 g/mol. The number of benzene rings is 1. The Morgan fingerprint density at radius 3 is 2.71 bits per heavy atom. The highest BCUT2D eigenvalue weighted by molar-refractivity contribution is 7.71. The summed E-state index contributed by atoms with van der Waals surface area (Å²) in [5.41, 5.74) is 4.49. The standard InChI is InChI=1S/C14H12FN5S/c15-12-4-2-1-3-11(12)9-17-20-13(18-19-14(20)21)10-5-7-16-8-6-10/h1-8,17H,9H2,(H,19,21). The molecule has 106 valence electrons. The lowest BCUT2D eigenvalue weighted by Gasteiger charge is -2.10. The van der Waals surface area contributed by atoms with Gasteiger partial charge < -0.3 is 5.43 Å². The molecule has 3 rings (SSSR count). The van der Waals surface area contributed by atoms with E-state index in [1.54, 1.807) is 35.3 Å². The number of hydrogen-bond donors (Lipinski definition) is 2. The Labute approximate surface area is 125 Å². The van der Waals surface area contributed by atoms with E-state index in [2.05, 4.69) is 20.6 Å². The van der Waals surface area contributed by atoms with Crippen LogP contribution in [-0.2, 0) is 6.54 Å². The number of aromatic amines is 1. The van der Waals surface area contributed by atoms with E-state index in [0.29, 0.717) is 22.7 Å². The van der Waals surface area contributed by atoms with Gasteiger partial charge in [-0.2, -0.15) is 5.10 Å². The first-order chi connectivity index (χ1) is 10.3. The number of rotatable bonds is 4. The predicted octanol–water partition coefficient (Wildman–Crippen LogP) is 2.89. The van der Waals surface area contributed by atoms with Crippen LogP contribution in [0.4, 0.5) is 4.39 Å². The molecular formula is C14H12FN5S. The Balaban J connectivity index is 1.88. The second-order valence-corrected chi connectivity index (χ2v) is 4.74. The maximum Gasteiger partial charge on any atom is 0.214 e. The van der Waals surface area contributed by atoms with Crippen LogP contribution < -0.4 is 5.43 Å². The molecule has 0 fully saturated rings. The fraction of sp³-hybridized carbons (Fsp3) is 0.0714. The normalized spacial score (nSPS) is 10.5. The molecule has 1 aromatic carbocycles. The fourth-order valence-corrected chi connectivity index (χ4v) is 2.14. The van der Waals surface area contributed by atoms with E-state index in [1.165, 1.54) is 6.07 Å². The Morgan fingerprint density at radius 1 is 1.19 bits per heavy atom. The molecule has 21 heavy (non-hydrogen) atoms. The zero-order valence-corrected chi connectivity index (χ0v) is 11.8. The van der Waals surface area contributed by atoms with Crippen molar-refractivity contribution in [2.24, 2.45) is 0 Å². The lowest BCUT2D eigenvalue weighted by Crippen LogP contribution is -2.16. The second kappa shape index (κ2) is 5.84. The van der Waals surface area contributed by atoms with Crippen LogP contribution in [0, 0.1) is 10.6 Å². The number of aromatic nitrogens is 4. The lowest BCUT2D eigenvalue weighted by atomic mass is 10.2. The number of nitrogens with zero attached hydrogens (tertiary/aromatic N) is 3. The van der Waals surface area contributed by atoms with Crippen LogP contribution in [0.25, 0.3) is 11.4 Å². The second-order valence-electron chi connectivity index (χ2n) is 4.35. The molecule has 5 nitrogen and oxygen atoms in total. The topological polar surface area (TPSA) is 58.5 Å². The fourth-order valence-electron chi connectivity index (χ4n) is 1.94. The number of H-pyrrole nitrogens is 1. The molecule has 0 amide bonds. The first kappa shape index (κ1) is 13.4. The molecule has 0 saturated heterocycles. The molecule has 0 aliphatic carbocycles. The molecule has 0 aliphatic heterocycles. The summed E-state index contributed by atoms with van der Waals surface area (Å²) in [6.45, 7) is 0.304. The average Bonchev–Trinajstić information content (AvgIpc) is 2.88. The van der Waals surface area contributed by atoms with E-state index >= 15 is 0 Å². The minimum atomic E-state index is -0.259. The smallest absolute Gasteiger partial charge is 0.214 e. The van der Waals surface area contributed by atoms with Crippen LogP contribution in [0.2, 0.25) is 0 Å². The van der Waals surface area contributed by atoms with Gasteiger partial charge in [0, 0.05) is 23.5 Å². The summed E-state index contributed by atoms with van der Waals surface area (Å²) in [5, 5.41) is 6.91. The minimum absolute atomic E-state index is 0.259. The van der Waals surface area contributed by atoms with Gasteiger partial charge in [0.25, 0.3) is 0 Å². The van der Waals surface area contributed by atoms with E-state index in [0.717, 1.165) is 5.56 Å². The Kier molecular flexibility index (Phi) is 3.74. The van der Waals surface area contributed by atoms with Crippen LogP contribution in [0.5, 0.6) is 0 Å². The third-order valence-corrected chi connectivity index (χ3v) is 3.27. The van der Waals surface area contributed by atoms with Crippen molar-refractivity contribution in [2.75, 3.05) is 5.43 Å². The van der Waals surface area contributed by atoms with Gasteiger partial charge in [-0.25, -0.2) is 14.2 Å². The Morgan fingerprint density at radius 2 is 1.95 bits per heavy atom.